The van der Waals surface area contributed by atoms with Crippen LogP contribution in [0.1, 0.15) is 6.92 Å². The third-order valence-electron chi connectivity index (χ3n) is 2.29. The van der Waals surface area contributed by atoms with E-state index in [9.17, 15) is 0 Å². The monoisotopic (exact) mass is 173 g/mol. The molecule has 0 bridgehead atoms. The van der Waals surface area contributed by atoms with Crippen LogP contribution in [0.2, 0.25) is 0 Å². The second-order valence-corrected chi connectivity index (χ2v) is 2.97. The Kier molecular flexibility index (Phi) is 2.57. The maximum absolute atomic E-state index is 3.99. The minimum absolute atomic E-state index is 0.984. The van der Waals surface area contributed by atoms with Crippen LogP contribution in [0.15, 0.2) is 12.7 Å². The van der Waals surface area contributed by atoms with Gasteiger partial charge in [0.2, 0.25) is 0 Å². The van der Waals surface area contributed by atoms with Gasteiger partial charge in [0, 0.05) is 28.2 Å². The van der Waals surface area contributed by atoms with Crippen LogP contribution in [0, 0.1) is 0 Å². The molecule has 0 aliphatic carbocycles. The smallest absolute Gasteiger partial charge is 0.0415 e. The van der Waals surface area contributed by atoms with Crippen LogP contribution >= 0.6 is 0 Å². The van der Waals surface area contributed by atoms with E-state index >= 15 is 0 Å². The molecule has 13 heavy (non-hydrogen) atoms. The molecule has 1 rings (SSSR count). The molecule has 0 N–H and O–H groups in total. The van der Waals surface area contributed by atoms with Gasteiger partial charge in [0.15, 0.2) is 0 Å². The number of aromatic nitrogens is 1. The molecule has 0 aromatic carbocycles. The van der Waals surface area contributed by atoms with Gasteiger partial charge in [0.05, 0.1) is 0 Å². The van der Waals surface area contributed by atoms with Gasteiger partial charge in [-0.25, -0.2) is 0 Å². The minimum Gasteiger partial charge on any atom is -0.345 e. The Labute approximate surface area is 78.3 Å². The van der Waals surface area contributed by atoms with Crippen LogP contribution in [0.3, 0.4) is 0 Å². The maximum atomic E-state index is 3.99. The number of hydrogen-bond donors (Lipinski definition) is 0. The van der Waals surface area contributed by atoms with Crippen LogP contribution in [-0.2, 0) is 7.05 Å². The van der Waals surface area contributed by atoms with Crippen molar-refractivity contribution >= 4 is 25.3 Å². The number of nitrogens with zero attached hydrogens (tertiary/aromatic N) is 1. The largest absolute Gasteiger partial charge is 0.345 e. The fourth-order valence-electron chi connectivity index (χ4n) is 1.46. The van der Waals surface area contributed by atoms with Crippen molar-refractivity contribution in [1.82, 2.24) is 4.57 Å². The molecule has 0 unspecified atom stereocenters. The number of allylic oxidation sites excluding steroid dienone is 1. The molecule has 1 nitrogen and oxygen atoms in total. The third kappa shape index (κ3) is 1.37. The van der Waals surface area contributed by atoms with Crippen molar-refractivity contribution in [2.45, 2.75) is 6.92 Å². The second-order valence-electron chi connectivity index (χ2n) is 2.97. The average molecular weight is 173 g/mol. The van der Waals surface area contributed by atoms with Crippen LogP contribution in [0.5, 0.6) is 0 Å². The molecule has 1 heterocycles. The van der Waals surface area contributed by atoms with Crippen LogP contribution in [-0.4, -0.2) is 4.57 Å². The highest BCUT2D eigenvalue weighted by Gasteiger charge is 1.93. The molecule has 1 aromatic rings. The summed E-state index contributed by atoms with van der Waals surface area (Å²) in [5.41, 5.74) is 0. The van der Waals surface area contributed by atoms with Crippen molar-refractivity contribution in [3.63, 3.8) is 0 Å². The van der Waals surface area contributed by atoms with Gasteiger partial charge in [-0.15, -0.1) is 0 Å². The van der Waals surface area contributed by atoms with Gasteiger partial charge in [-0.05, 0) is 6.92 Å². The average Bonchev–Trinajstić information content (AvgIpc) is 2.32. The van der Waals surface area contributed by atoms with Crippen molar-refractivity contribution in [2.75, 3.05) is 0 Å². The van der Waals surface area contributed by atoms with Crippen molar-refractivity contribution in [2.24, 2.45) is 7.05 Å². The minimum atomic E-state index is 0.984. The number of hydrogen-bond acceptors (Lipinski definition) is 0. The Morgan fingerprint density at radius 3 is 2.15 bits per heavy atom. The van der Waals surface area contributed by atoms with Gasteiger partial charge in [0.1, 0.15) is 0 Å². The molecular formula is C12H15N. The zero-order valence-corrected chi connectivity index (χ0v) is 8.30. The second kappa shape index (κ2) is 3.48. The van der Waals surface area contributed by atoms with E-state index in [0.29, 0.717) is 0 Å². The van der Waals surface area contributed by atoms with Gasteiger partial charge in [-0.2, -0.15) is 0 Å². The summed E-state index contributed by atoms with van der Waals surface area (Å²) >= 11 is 0. The third-order valence-corrected chi connectivity index (χ3v) is 2.29. The first kappa shape index (κ1) is 9.59. The Hall–Kier alpha value is -1.50. The lowest BCUT2D eigenvalue weighted by molar-refractivity contribution is 0.859. The van der Waals surface area contributed by atoms with Crippen molar-refractivity contribution in [3.05, 3.63) is 33.8 Å². The SMILES string of the molecule is C=C/C=c1/c(=C)n(C)c(=C)/c1=C/C. The fraction of sp³-hybridized carbons (Fsp3) is 0.167. The van der Waals surface area contributed by atoms with E-state index in [1.807, 2.05) is 30.7 Å². The zero-order chi connectivity index (χ0) is 10.0. The summed E-state index contributed by atoms with van der Waals surface area (Å²) in [6, 6.07) is 0. The highest BCUT2D eigenvalue weighted by Crippen LogP contribution is 1.61. The summed E-state index contributed by atoms with van der Waals surface area (Å²) in [7, 11) is 1.97. The molecule has 0 aliphatic heterocycles. The lowest BCUT2D eigenvalue weighted by atomic mass is 10.3. The molecule has 1 aromatic heterocycles. The Morgan fingerprint density at radius 2 is 1.69 bits per heavy atom. The summed E-state index contributed by atoms with van der Waals surface area (Å²) in [5.74, 6) is 0. The van der Waals surface area contributed by atoms with E-state index < -0.39 is 0 Å². The summed E-state index contributed by atoms with van der Waals surface area (Å²) < 4.78 is 1.99. The molecule has 0 aliphatic rings. The van der Waals surface area contributed by atoms with Gasteiger partial charge >= 0.3 is 0 Å². The molecular weight excluding hydrogens is 158 g/mol. The summed E-state index contributed by atoms with van der Waals surface area (Å²) in [5, 5.41) is 4.25. The van der Waals surface area contributed by atoms with Crippen LogP contribution in [0.4, 0.5) is 0 Å². The zero-order valence-electron chi connectivity index (χ0n) is 8.30. The van der Waals surface area contributed by atoms with E-state index in [2.05, 4.69) is 19.7 Å². The molecule has 0 saturated heterocycles. The lowest BCUT2D eigenvalue weighted by Gasteiger charge is -1.87. The standard InChI is InChI=1S/C12H15N/c1-6-8-12-10(4)13(5)9(3)11(12)7-2/h6-8H,1,3-4H2,2,5H3/b11-7-,12-8-. The van der Waals surface area contributed by atoms with Gasteiger partial charge in [0.25, 0.3) is 0 Å². The quantitative estimate of drug-likeness (QED) is 0.545. The van der Waals surface area contributed by atoms with E-state index in [-0.39, 0.29) is 0 Å². The van der Waals surface area contributed by atoms with Gasteiger partial charge in [-0.1, -0.05) is 38.0 Å². The highest BCUT2D eigenvalue weighted by atomic mass is 14.9. The van der Waals surface area contributed by atoms with Crippen molar-refractivity contribution in [3.8, 4) is 0 Å². The topological polar surface area (TPSA) is 4.93 Å². The normalized spacial score (nSPS) is 13.7. The van der Waals surface area contributed by atoms with E-state index in [4.69, 9.17) is 0 Å². The molecule has 0 radical (unpaired) electrons. The molecule has 0 atom stereocenters. The lowest BCUT2D eigenvalue weighted by Crippen LogP contribution is -2.36. The first-order valence-corrected chi connectivity index (χ1v) is 4.25. The van der Waals surface area contributed by atoms with Gasteiger partial charge in [-0.3, -0.25) is 0 Å². The van der Waals surface area contributed by atoms with E-state index in [1.165, 1.54) is 0 Å². The molecule has 0 spiro atoms. The first-order chi connectivity index (χ1) is 6.13. The summed E-state index contributed by atoms with van der Waals surface area (Å²) in [4.78, 5) is 0. The van der Waals surface area contributed by atoms with E-state index in [1.54, 1.807) is 6.08 Å². The molecule has 68 valence electrons. The van der Waals surface area contributed by atoms with Gasteiger partial charge < -0.3 is 4.57 Å². The highest BCUT2D eigenvalue weighted by molar-refractivity contribution is 5.39. The molecule has 1 heteroatoms. The Morgan fingerprint density at radius 1 is 1.15 bits per heavy atom. The molecule has 0 amide bonds. The Bertz CT molecular complexity index is 529. The van der Waals surface area contributed by atoms with E-state index in [0.717, 1.165) is 21.1 Å². The number of rotatable bonds is 1. The molecule has 0 saturated carbocycles. The van der Waals surface area contributed by atoms with Crippen LogP contribution in [0.25, 0.3) is 25.3 Å². The maximum Gasteiger partial charge on any atom is 0.0415 e. The Balaban J connectivity index is 4.04. The van der Waals surface area contributed by atoms with Crippen molar-refractivity contribution < 1.29 is 0 Å². The molecule has 0 fully saturated rings. The fourth-order valence-corrected chi connectivity index (χ4v) is 1.46. The summed E-state index contributed by atoms with van der Waals surface area (Å²) in [6.45, 7) is 13.7. The van der Waals surface area contributed by atoms with Crippen LogP contribution < -0.4 is 21.1 Å². The first-order valence-electron chi connectivity index (χ1n) is 4.25. The summed E-state index contributed by atoms with van der Waals surface area (Å²) in [6.07, 6.45) is 5.79. The van der Waals surface area contributed by atoms with Crippen molar-refractivity contribution in [1.29, 1.82) is 0 Å². The predicted octanol–water partition coefficient (Wildman–Crippen LogP) is -0.387. The predicted molar refractivity (Wildman–Crippen MR) is 59.8 cm³/mol.